The van der Waals surface area contributed by atoms with Crippen LogP contribution in [0.2, 0.25) is 0 Å². The number of hydrogen-bond donors (Lipinski definition) is 2. The van der Waals surface area contributed by atoms with Gasteiger partial charge in [-0.25, -0.2) is 24.1 Å². The first-order valence-corrected chi connectivity index (χ1v) is 13.1. The van der Waals surface area contributed by atoms with Crippen molar-refractivity contribution in [1.29, 1.82) is 0 Å². The maximum atomic E-state index is 5.48. The Bertz CT molecular complexity index is 1810. The number of aryl methyl sites for hydroxylation is 1. The first-order valence-electron chi connectivity index (χ1n) is 13.1. The van der Waals surface area contributed by atoms with Crippen LogP contribution in [0.5, 0.6) is 17.2 Å². The standard InChI is InChI=1S/C30H29N9O3/c1-19-25-15-32-30(36-24-13-26(40-2)28(42-4)27(14-24)41-3)37-39(25)29(34-19)21-6-5-7-23(12-21)35-22-10-8-20(9-11-22)16-38-18-31-17-33-38/h5-15,17-18,35H,16H2,1-4H3,(H,36,37). The van der Waals surface area contributed by atoms with Crippen molar-refractivity contribution in [2.24, 2.45) is 0 Å². The summed E-state index contributed by atoms with van der Waals surface area (Å²) in [6, 6.07) is 19.9. The third kappa shape index (κ3) is 5.37. The molecule has 42 heavy (non-hydrogen) atoms. The van der Waals surface area contributed by atoms with E-state index in [9.17, 15) is 0 Å². The summed E-state index contributed by atoms with van der Waals surface area (Å²) in [6.45, 7) is 2.61. The zero-order chi connectivity index (χ0) is 29.1. The lowest BCUT2D eigenvalue weighted by Crippen LogP contribution is -2.04. The number of imidazole rings is 1. The van der Waals surface area contributed by atoms with Crippen molar-refractivity contribution in [1.82, 2.24) is 34.3 Å². The van der Waals surface area contributed by atoms with Crippen LogP contribution in [-0.2, 0) is 6.54 Å². The summed E-state index contributed by atoms with van der Waals surface area (Å²) in [5.41, 5.74) is 6.25. The van der Waals surface area contributed by atoms with Gasteiger partial charge < -0.3 is 24.8 Å². The Hall–Kier alpha value is -5.65. The van der Waals surface area contributed by atoms with Gasteiger partial charge in [-0.15, -0.1) is 5.10 Å². The lowest BCUT2D eigenvalue weighted by atomic mass is 10.1. The van der Waals surface area contributed by atoms with Crippen LogP contribution in [0.25, 0.3) is 16.9 Å². The molecule has 6 rings (SSSR count). The van der Waals surface area contributed by atoms with E-state index in [-0.39, 0.29) is 0 Å². The molecule has 0 aliphatic carbocycles. The lowest BCUT2D eigenvalue weighted by molar-refractivity contribution is 0.324. The van der Waals surface area contributed by atoms with Crippen molar-refractivity contribution >= 4 is 28.5 Å². The number of nitrogens with zero attached hydrogens (tertiary/aromatic N) is 7. The second-order valence-electron chi connectivity index (χ2n) is 9.43. The van der Waals surface area contributed by atoms with E-state index >= 15 is 0 Å². The summed E-state index contributed by atoms with van der Waals surface area (Å²) in [5, 5.41) is 15.6. The van der Waals surface area contributed by atoms with E-state index in [1.165, 1.54) is 6.33 Å². The van der Waals surface area contributed by atoms with Crippen LogP contribution in [-0.4, -0.2) is 55.7 Å². The number of nitrogens with one attached hydrogen (secondary N) is 2. The predicted octanol–water partition coefficient (Wildman–Crippen LogP) is 5.25. The monoisotopic (exact) mass is 563 g/mol. The molecule has 0 spiro atoms. The van der Waals surface area contributed by atoms with E-state index in [0.717, 1.165) is 33.7 Å². The zero-order valence-electron chi connectivity index (χ0n) is 23.6. The fraction of sp³-hybridized carbons (Fsp3) is 0.167. The minimum Gasteiger partial charge on any atom is -0.493 e. The fourth-order valence-electron chi connectivity index (χ4n) is 4.65. The molecule has 12 nitrogen and oxygen atoms in total. The average molecular weight is 564 g/mol. The van der Waals surface area contributed by atoms with E-state index in [1.54, 1.807) is 55.2 Å². The van der Waals surface area contributed by atoms with E-state index < -0.39 is 0 Å². The molecule has 0 radical (unpaired) electrons. The van der Waals surface area contributed by atoms with Gasteiger partial charge >= 0.3 is 0 Å². The van der Waals surface area contributed by atoms with Crippen LogP contribution in [0, 0.1) is 6.92 Å². The molecule has 12 heteroatoms. The molecule has 3 aromatic heterocycles. The van der Waals surface area contributed by atoms with Crippen LogP contribution < -0.4 is 24.8 Å². The van der Waals surface area contributed by atoms with Gasteiger partial charge in [0.05, 0.1) is 39.8 Å². The highest BCUT2D eigenvalue weighted by molar-refractivity contribution is 5.71. The van der Waals surface area contributed by atoms with Crippen molar-refractivity contribution in [3.05, 3.63) is 90.8 Å². The molecule has 3 aromatic carbocycles. The van der Waals surface area contributed by atoms with Gasteiger partial charge in [0.25, 0.3) is 0 Å². The van der Waals surface area contributed by atoms with Crippen molar-refractivity contribution in [3.8, 4) is 28.6 Å². The number of anilines is 4. The minimum atomic E-state index is 0.385. The van der Waals surface area contributed by atoms with Crippen molar-refractivity contribution < 1.29 is 14.2 Å². The highest BCUT2D eigenvalue weighted by Gasteiger charge is 2.16. The highest BCUT2D eigenvalue weighted by Crippen LogP contribution is 2.40. The molecule has 212 valence electrons. The SMILES string of the molecule is COc1cc(Nc2ncc3c(C)nc(-c4cccc(Nc5ccc(Cn6cncn6)cc5)c4)n3n2)cc(OC)c1OC. The second-order valence-corrected chi connectivity index (χ2v) is 9.43. The van der Waals surface area contributed by atoms with E-state index in [0.29, 0.717) is 41.3 Å². The molecule has 0 fully saturated rings. The summed E-state index contributed by atoms with van der Waals surface area (Å²) in [6.07, 6.45) is 4.99. The fourth-order valence-corrected chi connectivity index (χ4v) is 4.65. The van der Waals surface area contributed by atoms with Crippen molar-refractivity contribution in [2.45, 2.75) is 13.5 Å². The molecule has 3 heterocycles. The molecule has 0 amide bonds. The van der Waals surface area contributed by atoms with Crippen LogP contribution in [0.3, 0.4) is 0 Å². The molecule has 0 atom stereocenters. The molecule has 6 aromatic rings. The first-order chi connectivity index (χ1) is 20.5. The van der Waals surface area contributed by atoms with Gasteiger partial charge in [-0.05, 0) is 36.8 Å². The Morgan fingerprint density at radius 1 is 0.833 bits per heavy atom. The number of aromatic nitrogens is 7. The largest absolute Gasteiger partial charge is 0.493 e. The van der Waals surface area contributed by atoms with Crippen LogP contribution >= 0.6 is 0 Å². The number of hydrogen-bond acceptors (Lipinski definition) is 10. The minimum absolute atomic E-state index is 0.385. The van der Waals surface area contributed by atoms with E-state index in [4.69, 9.17) is 24.3 Å². The Balaban J connectivity index is 1.26. The number of ether oxygens (including phenoxy) is 3. The molecular formula is C30H29N9O3. The first kappa shape index (κ1) is 26.6. The molecular weight excluding hydrogens is 534 g/mol. The summed E-state index contributed by atoms with van der Waals surface area (Å²) in [5.74, 6) is 2.63. The summed E-state index contributed by atoms with van der Waals surface area (Å²) >= 11 is 0. The van der Waals surface area contributed by atoms with Crippen molar-refractivity contribution in [3.63, 3.8) is 0 Å². The molecule has 0 bridgehead atoms. The van der Waals surface area contributed by atoms with Crippen LogP contribution in [0.15, 0.2) is 79.5 Å². The van der Waals surface area contributed by atoms with E-state index in [1.807, 2.05) is 43.3 Å². The molecule has 0 aliphatic rings. The second kappa shape index (κ2) is 11.5. The molecule has 0 saturated carbocycles. The highest BCUT2D eigenvalue weighted by atomic mass is 16.5. The number of rotatable bonds is 10. The molecule has 0 unspecified atom stereocenters. The Labute approximate surface area is 241 Å². The zero-order valence-corrected chi connectivity index (χ0v) is 23.6. The number of fused-ring (bicyclic) bond motifs is 1. The van der Waals surface area contributed by atoms with Gasteiger partial charge in [0.1, 0.15) is 18.2 Å². The number of benzene rings is 3. The normalized spacial score (nSPS) is 11.0. The van der Waals surface area contributed by atoms with E-state index in [2.05, 4.69) is 37.8 Å². The lowest BCUT2D eigenvalue weighted by Gasteiger charge is -2.14. The predicted molar refractivity (Wildman–Crippen MR) is 159 cm³/mol. The summed E-state index contributed by atoms with van der Waals surface area (Å²) in [4.78, 5) is 13.3. The molecule has 0 aliphatic heterocycles. The maximum Gasteiger partial charge on any atom is 0.245 e. The van der Waals surface area contributed by atoms with Crippen LogP contribution in [0.1, 0.15) is 11.3 Å². The van der Waals surface area contributed by atoms with Crippen molar-refractivity contribution in [2.75, 3.05) is 32.0 Å². The topological polar surface area (TPSA) is 126 Å². The smallest absolute Gasteiger partial charge is 0.245 e. The van der Waals surface area contributed by atoms with Crippen LogP contribution in [0.4, 0.5) is 23.0 Å². The van der Waals surface area contributed by atoms with Gasteiger partial charge in [0, 0.05) is 34.8 Å². The maximum absolute atomic E-state index is 5.48. The Kier molecular flexibility index (Phi) is 7.24. The third-order valence-corrected chi connectivity index (χ3v) is 6.67. The Morgan fingerprint density at radius 3 is 2.31 bits per heavy atom. The molecule has 2 N–H and O–H groups in total. The summed E-state index contributed by atoms with van der Waals surface area (Å²) < 4.78 is 20.0. The average Bonchev–Trinajstić information content (AvgIpc) is 3.65. The van der Waals surface area contributed by atoms with Gasteiger partial charge in [-0.3, -0.25) is 0 Å². The summed E-state index contributed by atoms with van der Waals surface area (Å²) in [7, 11) is 4.71. The van der Waals surface area contributed by atoms with Gasteiger partial charge in [-0.1, -0.05) is 24.3 Å². The van der Waals surface area contributed by atoms with Gasteiger partial charge in [0.2, 0.25) is 11.7 Å². The molecule has 0 saturated heterocycles. The van der Waals surface area contributed by atoms with Gasteiger partial charge in [-0.2, -0.15) is 5.10 Å². The quantitative estimate of drug-likeness (QED) is 0.228. The number of methoxy groups -OCH3 is 3. The third-order valence-electron chi connectivity index (χ3n) is 6.67. The van der Waals surface area contributed by atoms with Gasteiger partial charge in [0.15, 0.2) is 17.3 Å². The Morgan fingerprint density at radius 2 is 1.62 bits per heavy atom.